The number of hydrogen-bond donors (Lipinski definition) is 0. The fourth-order valence-corrected chi connectivity index (χ4v) is 2.45. The summed E-state index contributed by atoms with van der Waals surface area (Å²) in [6.45, 7) is 0. The number of nitrogens with zero attached hydrogens (tertiary/aromatic N) is 1. The molecule has 2 aromatic rings. The van der Waals surface area contributed by atoms with Crippen LogP contribution in [-0.2, 0) is 0 Å². The second kappa shape index (κ2) is 4.65. The zero-order chi connectivity index (χ0) is 12.4. The first-order valence-electron chi connectivity index (χ1n) is 4.61. The van der Waals surface area contributed by atoms with Crippen LogP contribution in [0.3, 0.4) is 0 Å². The molecule has 0 saturated carbocycles. The summed E-state index contributed by atoms with van der Waals surface area (Å²) in [7, 11) is 0. The molecule has 2 rings (SSSR count). The molecule has 0 fully saturated rings. The molecule has 0 bridgehead atoms. The lowest BCUT2D eigenvalue weighted by molar-refractivity contribution is -0.384. The van der Waals surface area contributed by atoms with Gasteiger partial charge in [-0.3, -0.25) is 14.9 Å². The molecule has 0 unspecified atom stereocenters. The third kappa shape index (κ3) is 2.35. The van der Waals surface area contributed by atoms with E-state index in [1.807, 2.05) is 0 Å². The summed E-state index contributed by atoms with van der Waals surface area (Å²) in [6.07, 6.45) is 0.718. The van der Waals surface area contributed by atoms with Gasteiger partial charge >= 0.3 is 0 Å². The van der Waals surface area contributed by atoms with E-state index in [1.165, 1.54) is 17.4 Å². The van der Waals surface area contributed by atoms with Crippen molar-refractivity contribution in [2.24, 2.45) is 0 Å². The van der Waals surface area contributed by atoms with Crippen molar-refractivity contribution in [3.63, 3.8) is 0 Å². The molecule has 4 nitrogen and oxygen atoms in total. The molecule has 0 amide bonds. The fourth-order valence-electron chi connectivity index (χ4n) is 1.43. The smallest absolute Gasteiger partial charge is 0.279 e. The highest BCUT2D eigenvalue weighted by Crippen LogP contribution is 2.35. The third-order valence-electron chi connectivity index (χ3n) is 2.16. The molecule has 0 radical (unpaired) electrons. The number of benzene rings is 1. The van der Waals surface area contributed by atoms with Crippen molar-refractivity contribution >= 4 is 34.9 Å². The Kier molecular flexibility index (Phi) is 3.21. The molecular weight excluding hydrogens is 262 g/mol. The van der Waals surface area contributed by atoms with Gasteiger partial charge in [0.25, 0.3) is 5.69 Å². The topological polar surface area (TPSA) is 60.2 Å². The van der Waals surface area contributed by atoms with Gasteiger partial charge in [-0.2, -0.15) is 0 Å². The van der Waals surface area contributed by atoms with Gasteiger partial charge in [0.15, 0.2) is 6.29 Å². The van der Waals surface area contributed by atoms with E-state index in [2.05, 4.69) is 0 Å². The summed E-state index contributed by atoms with van der Waals surface area (Å²) < 4.78 is 0. The zero-order valence-electron chi connectivity index (χ0n) is 8.42. The van der Waals surface area contributed by atoms with E-state index in [1.54, 1.807) is 24.3 Å². The maximum Gasteiger partial charge on any atom is 0.279 e. The molecule has 0 atom stereocenters. The third-order valence-corrected chi connectivity index (χ3v) is 3.44. The molecule has 1 heterocycles. The Hall–Kier alpha value is -1.72. The highest BCUT2D eigenvalue weighted by atomic mass is 35.5. The van der Waals surface area contributed by atoms with Gasteiger partial charge in [0.1, 0.15) is 0 Å². The number of halogens is 1. The normalized spacial score (nSPS) is 10.2. The number of nitro benzene ring substituents is 1. The Morgan fingerprint density at radius 1 is 1.29 bits per heavy atom. The van der Waals surface area contributed by atoms with Crippen molar-refractivity contribution < 1.29 is 9.72 Å². The van der Waals surface area contributed by atoms with Gasteiger partial charge in [-0.1, -0.05) is 11.6 Å². The first-order valence-corrected chi connectivity index (χ1v) is 5.80. The van der Waals surface area contributed by atoms with Gasteiger partial charge < -0.3 is 0 Å². The Bertz CT molecular complexity index is 594. The largest absolute Gasteiger partial charge is 0.297 e. The molecule has 0 aliphatic carbocycles. The minimum absolute atomic E-state index is 0.0585. The van der Waals surface area contributed by atoms with Crippen LogP contribution in [0.1, 0.15) is 9.67 Å². The molecule has 0 N–H and O–H groups in total. The maximum atomic E-state index is 10.9. The molecule has 0 aliphatic heterocycles. The zero-order valence-corrected chi connectivity index (χ0v) is 9.99. The highest BCUT2D eigenvalue weighted by Gasteiger charge is 2.17. The summed E-state index contributed by atoms with van der Waals surface area (Å²) >= 11 is 6.93. The van der Waals surface area contributed by atoms with Crippen LogP contribution in [0.15, 0.2) is 30.3 Å². The Labute approximate surface area is 106 Å². The van der Waals surface area contributed by atoms with Crippen LogP contribution in [0, 0.1) is 10.1 Å². The number of aldehydes is 1. The number of hydrogen-bond acceptors (Lipinski definition) is 4. The Morgan fingerprint density at radius 2 is 2.06 bits per heavy atom. The Balaban J connectivity index is 2.58. The summed E-state index contributed by atoms with van der Waals surface area (Å²) in [5, 5.41) is 11.2. The predicted octanol–water partition coefficient (Wildman–Crippen LogP) is 3.79. The van der Waals surface area contributed by atoms with E-state index < -0.39 is 4.92 Å². The maximum absolute atomic E-state index is 10.9. The second-order valence-electron chi connectivity index (χ2n) is 3.24. The van der Waals surface area contributed by atoms with E-state index in [-0.39, 0.29) is 5.69 Å². The summed E-state index contributed by atoms with van der Waals surface area (Å²) in [5.74, 6) is 0. The van der Waals surface area contributed by atoms with Gasteiger partial charge in [-0.15, -0.1) is 11.3 Å². The first-order chi connectivity index (χ1) is 8.11. The van der Waals surface area contributed by atoms with Crippen LogP contribution < -0.4 is 0 Å². The SMILES string of the molecule is O=Cc1ccc(-c2ccc(Cl)cc2[N+](=O)[O-])s1. The average molecular weight is 268 g/mol. The standard InChI is InChI=1S/C11H6ClNO3S/c12-7-1-3-9(10(5-7)13(15)16)11-4-2-8(6-14)17-11/h1-6H. The van der Waals surface area contributed by atoms with Gasteiger partial charge in [0, 0.05) is 16.0 Å². The van der Waals surface area contributed by atoms with E-state index >= 15 is 0 Å². The van der Waals surface area contributed by atoms with Crippen LogP contribution in [0.25, 0.3) is 10.4 Å². The molecule has 1 aromatic carbocycles. The quantitative estimate of drug-likeness (QED) is 0.483. The van der Waals surface area contributed by atoms with Gasteiger partial charge in [-0.25, -0.2) is 0 Å². The number of thiophene rings is 1. The van der Waals surface area contributed by atoms with Gasteiger partial charge in [0.2, 0.25) is 0 Å². The van der Waals surface area contributed by atoms with E-state index in [0.29, 0.717) is 20.3 Å². The van der Waals surface area contributed by atoms with Crippen molar-refractivity contribution in [1.29, 1.82) is 0 Å². The first kappa shape index (κ1) is 11.8. The minimum Gasteiger partial charge on any atom is -0.297 e. The monoisotopic (exact) mass is 267 g/mol. The highest BCUT2D eigenvalue weighted by molar-refractivity contribution is 7.17. The summed E-state index contributed by atoms with van der Waals surface area (Å²) in [5.41, 5.74) is 0.411. The number of rotatable bonds is 3. The van der Waals surface area contributed by atoms with E-state index in [4.69, 9.17) is 11.6 Å². The van der Waals surface area contributed by atoms with Gasteiger partial charge in [0.05, 0.1) is 15.4 Å². The number of nitro groups is 1. The second-order valence-corrected chi connectivity index (χ2v) is 4.79. The lowest BCUT2D eigenvalue weighted by Gasteiger charge is -2.00. The van der Waals surface area contributed by atoms with Gasteiger partial charge in [-0.05, 0) is 24.3 Å². The van der Waals surface area contributed by atoms with Crippen molar-refractivity contribution in [1.82, 2.24) is 0 Å². The van der Waals surface area contributed by atoms with E-state index in [0.717, 1.165) is 6.29 Å². The molecule has 17 heavy (non-hydrogen) atoms. The Morgan fingerprint density at radius 3 is 2.65 bits per heavy atom. The van der Waals surface area contributed by atoms with Crippen LogP contribution in [0.2, 0.25) is 5.02 Å². The molecule has 6 heteroatoms. The lowest BCUT2D eigenvalue weighted by atomic mass is 10.1. The number of carbonyl (C=O) groups is 1. The lowest BCUT2D eigenvalue weighted by Crippen LogP contribution is -1.90. The van der Waals surface area contributed by atoms with Crippen LogP contribution in [0.5, 0.6) is 0 Å². The average Bonchev–Trinajstić information content (AvgIpc) is 2.77. The molecule has 1 aromatic heterocycles. The number of carbonyl (C=O) groups excluding carboxylic acids is 1. The minimum atomic E-state index is -0.485. The van der Waals surface area contributed by atoms with Crippen LogP contribution >= 0.6 is 22.9 Å². The molecular formula is C11H6ClNO3S. The van der Waals surface area contributed by atoms with Crippen LogP contribution in [0.4, 0.5) is 5.69 Å². The van der Waals surface area contributed by atoms with Crippen LogP contribution in [-0.4, -0.2) is 11.2 Å². The molecule has 0 spiro atoms. The fraction of sp³-hybridized carbons (Fsp3) is 0. The molecule has 86 valence electrons. The summed E-state index contributed by atoms with van der Waals surface area (Å²) in [6, 6.07) is 7.79. The van der Waals surface area contributed by atoms with Crippen molar-refractivity contribution in [3.05, 3.63) is 50.3 Å². The van der Waals surface area contributed by atoms with Crippen molar-refractivity contribution in [2.45, 2.75) is 0 Å². The summed E-state index contributed by atoms with van der Waals surface area (Å²) in [4.78, 5) is 22.2. The predicted molar refractivity (Wildman–Crippen MR) is 66.8 cm³/mol. The molecule has 0 saturated heterocycles. The molecule has 0 aliphatic rings. The van der Waals surface area contributed by atoms with Crippen molar-refractivity contribution in [2.75, 3.05) is 0 Å². The van der Waals surface area contributed by atoms with Crippen molar-refractivity contribution in [3.8, 4) is 10.4 Å². The van der Waals surface area contributed by atoms with E-state index in [9.17, 15) is 14.9 Å².